The number of nitrogens with zero attached hydrogens (tertiary/aromatic N) is 2. The zero-order valence-corrected chi connectivity index (χ0v) is 20.5. The van der Waals surface area contributed by atoms with Crippen molar-refractivity contribution in [1.82, 2.24) is 15.2 Å². The highest BCUT2D eigenvalue weighted by Gasteiger charge is 2.53. The van der Waals surface area contributed by atoms with Crippen molar-refractivity contribution in [1.29, 1.82) is 0 Å². The number of piperidine rings is 1. The minimum atomic E-state index is -2.55. The number of fused-ring (bicyclic) bond motifs is 3. The summed E-state index contributed by atoms with van der Waals surface area (Å²) in [5.74, 6) is -3.04. The van der Waals surface area contributed by atoms with Crippen LogP contribution in [0.2, 0.25) is 5.15 Å². The van der Waals surface area contributed by atoms with Gasteiger partial charge in [0, 0.05) is 43.2 Å². The molecule has 10 heteroatoms. The lowest BCUT2D eigenvalue weighted by molar-refractivity contribution is -0.101. The quantitative estimate of drug-likeness (QED) is 0.476. The Balaban J connectivity index is 1.43. The molecule has 3 aliphatic carbocycles. The van der Waals surface area contributed by atoms with Gasteiger partial charge in [-0.2, -0.15) is 0 Å². The fourth-order valence-electron chi connectivity index (χ4n) is 5.66. The third-order valence-corrected chi connectivity index (χ3v) is 8.30. The minimum absolute atomic E-state index is 0.0107. The number of aromatic nitrogens is 1. The molecular formula is C24H34ClF3N4O2. The Bertz CT molecular complexity index is 889. The average Bonchev–Trinajstić information content (AvgIpc) is 2.77. The third kappa shape index (κ3) is 5.31. The molecule has 3 saturated carbocycles. The first kappa shape index (κ1) is 25.5. The Morgan fingerprint density at radius 2 is 1.76 bits per heavy atom. The largest absolute Gasteiger partial charge is 0.387 e. The molecule has 5 rings (SSSR count). The molecule has 34 heavy (non-hydrogen) atoms. The van der Waals surface area contributed by atoms with Crippen molar-refractivity contribution in [3.8, 4) is 0 Å². The number of carbonyl (C=O) groups excluding carboxylic acids is 1. The van der Waals surface area contributed by atoms with Crippen LogP contribution in [0.3, 0.4) is 0 Å². The van der Waals surface area contributed by atoms with Crippen LogP contribution >= 0.6 is 11.6 Å². The second-order valence-electron chi connectivity index (χ2n) is 10.9. The van der Waals surface area contributed by atoms with Gasteiger partial charge in [-0.25, -0.2) is 18.2 Å². The fraction of sp³-hybridized carbons (Fsp3) is 0.750. The lowest BCUT2D eigenvalue weighted by Gasteiger charge is -2.59. The summed E-state index contributed by atoms with van der Waals surface area (Å²) in [5.41, 5.74) is -0.974. The van der Waals surface area contributed by atoms with Crippen LogP contribution in [0.25, 0.3) is 0 Å². The van der Waals surface area contributed by atoms with E-state index >= 15 is 0 Å². The second-order valence-corrected chi connectivity index (χ2v) is 11.2. The first-order chi connectivity index (χ1) is 15.8. The van der Waals surface area contributed by atoms with Crippen LogP contribution in [-0.4, -0.2) is 69.3 Å². The van der Waals surface area contributed by atoms with Gasteiger partial charge < -0.3 is 15.7 Å². The van der Waals surface area contributed by atoms with Crippen LogP contribution in [0.5, 0.6) is 0 Å². The molecule has 2 heterocycles. The van der Waals surface area contributed by atoms with Gasteiger partial charge in [0.2, 0.25) is 0 Å². The number of amides is 1. The monoisotopic (exact) mass is 502 g/mol. The smallest absolute Gasteiger partial charge is 0.255 e. The van der Waals surface area contributed by atoms with Gasteiger partial charge >= 0.3 is 0 Å². The van der Waals surface area contributed by atoms with Crippen LogP contribution in [0, 0.1) is 0 Å². The van der Waals surface area contributed by atoms with Crippen LogP contribution in [-0.2, 0) is 0 Å². The molecule has 1 aromatic rings. The van der Waals surface area contributed by atoms with Crippen molar-refractivity contribution >= 4 is 23.2 Å². The number of anilines is 1. The van der Waals surface area contributed by atoms with E-state index in [1.54, 1.807) is 6.07 Å². The van der Waals surface area contributed by atoms with E-state index in [0.29, 0.717) is 18.8 Å². The molecule has 1 aromatic heterocycles. The van der Waals surface area contributed by atoms with E-state index in [0.717, 1.165) is 38.5 Å². The molecule has 0 spiro atoms. The number of halogens is 4. The number of pyridine rings is 1. The highest BCUT2D eigenvalue weighted by atomic mass is 35.5. The molecule has 2 bridgehead atoms. The molecule has 0 radical (unpaired) electrons. The maximum absolute atomic E-state index is 14.1. The molecule has 1 saturated heterocycles. The van der Waals surface area contributed by atoms with Crippen LogP contribution in [0.1, 0.15) is 75.6 Å². The maximum Gasteiger partial charge on any atom is 0.255 e. The van der Waals surface area contributed by atoms with E-state index in [2.05, 4.69) is 20.5 Å². The highest BCUT2D eigenvalue weighted by Crippen LogP contribution is 2.52. The number of aliphatic hydroxyl groups is 1. The van der Waals surface area contributed by atoms with Crippen LogP contribution in [0.4, 0.5) is 18.9 Å². The predicted molar refractivity (Wildman–Crippen MR) is 125 cm³/mol. The summed E-state index contributed by atoms with van der Waals surface area (Å²) in [6.07, 6.45) is 4.97. The van der Waals surface area contributed by atoms with Gasteiger partial charge in [0.1, 0.15) is 11.3 Å². The Kier molecular flexibility index (Phi) is 6.85. The van der Waals surface area contributed by atoms with Gasteiger partial charge in [-0.05, 0) is 58.4 Å². The molecular weight excluding hydrogens is 469 g/mol. The second kappa shape index (κ2) is 9.13. The van der Waals surface area contributed by atoms with E-state index < -0.39 is 23.6 Å². The van der Waals surface area contributed by atoms with Gasteiger partial charge in [-0.3, -0.25) is 9.69 Å². The molecule has 190 valence electrons. The number of carbonyl (C=O) groups is 1. The summed E-state index contributed by atoms with van der Waals surface area (Å²) in [4.78, 5) is 19.1. The number of alkyl halides is 3. The zero-order valence-electron chi connectivity index (χ0n) is 19.8. The molecule has 1 amide bonds. The summed E-state index contributed by atoms with van der Waals surface area (Å²) < 4.78 is 41.4. The van der Waals surface area contributed by atoms with E-state index in [4.69, 9.17) is 11.6 Å². The lowest BCUT2D eigenvalue weighted by Crippen LogP contribution is -2.62. The SMILES string of the molecule is CC(C)(O)[C@H](F)CNC(=O)c1cnc(Cl)cc1NC12CCC(N3CCC(F)(F)CC3)(CC1)CC2. The van der Waals surface area contributed by atoms with Crippen LogP contribution < -0.4 is 10.6 Å². The maximum atomic E-state index is 14.1. The normalized spacial score (nSPS) is 30.1. The summed E-state index contributed by atoms with van der Waals surface area (Å²) in [7, 11) is 0. The summed E-state index contributed by atoms with van der Waals surface area (Å²) >= 11 is 6.13. The standard InChI is InChI=1S/C24H34ClF3N4O2/c1-21(2,34)18(26)15-30-20(33)16-14-29-19(25)13-17(16)31-22-3-6-23(7-4-22,8-5-22)32-11-9-24(27,28)10-12-32/h13-14,18,34H,3-12,15H2,1-2H3,(H,29,31)(H,30,33)/t18-,22?,23?/m1/s1. The van der Waals surface area contributed by atoms with Crippen molar-refractivity contribution in [3.63, 3.8) is 0 Å². The number of likely N-dealkylation sites (tertiary alicyclic amines) is 1. The zero-order chi connectivity index (χ0) is 24.8. The van der Waals surface area contributed by atoms with Gasteiger partial charge in [0.25, 0.3) is 11.8 Å². The first-order valence-corrected chi connectivity index (χ1v) is 12.4. The first-order valence-electron chi connectivity index (χ1n) is 12.0. The summed E-state index contributed by atoms with van der Waals surface area (Å²) in [6.45, 7) is 3.26. The van der Waals surface area contributed by atoms with Gasteiger partial charge in [0.15, 0.2) is 0 Å². The van der Waals surface area contributed by atoms with E-state index in [9.17, 15) is 23.1 Å². The topological polar surface area (TPSA) is 77.5 Å². The summed E-state index contributed by atoms with van der Waals surface area (Å²) in [6, 6.07) is 1.61. The molecule has 4 fully saturated rings. The van der Waals surface area contributed by atoms with Crippen molar-refractivity contribution in [3.05, 3.63) is 23.0 Å². The number of nitrogens with one attached hydrogen (secondary N) is 2. The van der Waals surface area contributed by atoms with Gasteiger partial charge in [0.05, 0.1) is 23.4 Å². The highest BCUT2D eigenvalue weighted by molar-refractivity contribution is 6.29. The Hall–Kier alpha value is -1.58. The van der Waals surface area contributed by atoms with Gasteiger partial charge in [-0.1, -0.05) is 11.6 Å². The van der Waals surface area contributed by atoms with Crippen molar-refractivity contribution in [2.75, 3.05) is 25.0 Å². The molecule has 6 nitrogen and oxygen atoms in total. The van der Waals surface area contributed by atoms with Gasteiger partial charge in [-0.15, -0.1) is 0 Å². The molecule has 0 aromatic carbocycles. The van der Waals surface area contributed by atoms with Crippen LogP contribution in [0.15, 0.2) is 12.3 Å². The summed E-state index contributed by atoms with van der Waals surface area (Å²) in [5, 5.41) is 16.1. The molecule has 3 N–H and O–H groups in total. The Morgan fingerprint density at radius 1 is 1.18 bits per heavy atom. The van der Waals surface area contributed by atoms with Crippen molar-refractivity contribution < 1.29 is 23.1 Å². The number of hydrogen-bond donors (Lipinski definition) is 3. The molecule has 1 atom stereocenters. The van der Waals surface area contributed by atoms with Crippen molar-refractivity contribution in [2.24, 2.45) is 0 Å². The average molecular weight is 503 g/mol. The molecule has 0 unspecified atom stereocenters. The number of hydrogen-bond acceptors (Lipinski definition) is 5. The van der Waals surface area contributed by atoms with E-state index in [1.165, 1.54) is 20.0 Å². The fourth-order valence-corrected chi connectivity index (χ4v) is 5.82. The molecule has 4 aliphatic rings. The van der Waals surface area contributed by atoms with E-state index in [-0.39, 0.29) is 41.2 Å². The Labute approximate surface area is 203 Å². The predicted octanol–water partition coefficient (Wildman–Crippen LogP) is 4.56. The number of rotatable bonds is 7. The van der Waals surface area contributed by atoms with Crippen molar-refractivity contribution in [2.45, 2.75) is 94.0 Å². The minimum Gasteiger partial charge on any atom is -0.387 e. The lowest BCUT2D eigenvalue weighted by atomic mass is 9.60. The van der Waals surface area contributed by atoms with E-state index in [1.807, 2.05) is 0 Å². The third-order valence-electron chi connectivity index (χ3n) is 8.10. The molecule has 1 aliphatic heterocycles. The Morgan fingerprint density at radius 3 is 2.32 bits per heavy atom.